The molecule has 1 aromatic heterocycles. The van der Waals surface area contributed by atoms with Gasteiger partial charge in [-0.1, -0.05) is 86.5 Å². The van der Waals surface area contributed by atoms with Crippen molar-refractivity contribution in [3.63, 3.8) is 0 Å². The molecule has 0 aliphatic heterocycles. The Hall–Kier alpha value is -2.08. The molecule has 0 fully saturated rings. The molecule has 2 atom stereocenters. The van der Waals surface area contributed by atoms with Crippen molar-refractivity contribution in [2.24, 2.45) is 0 Å². The van der Waals surface area contributed by atoms with E-state index < -0.39 is 37.8 Å². The maximum Gasteiger partial charge on any atom is 1.00 e. The Labute approximate surface area is 295 Å². The van der Waals surface area contributed by atoms with Crippen LogP contribution in [0.5, 0.6) is 0 Å². The van der Waals surface area contributed by atoms with Crippen molar-refractivity contribution in [2.45, 2.75) is 38.7 Å². The van der Waals surface area contributed by atoms with Crippen LogP contribution in [-0.2, 0) is 15.8 Å². The van der Waals surface area contributed by atoms with Crippen molar-refractivity contribution in [3.8, 4) is 34.0 Å². The summed E-state index contributed by atoms with van der Waals surface area (Å²) in [7, 11) is -4.50. The van der Waals surface area contributed by atoms with E-state index in [1.54, 1.807) is 12.1 Å². The zero-order chi connectivity index (χ0) is 29.6. The molecule has 0 saturated carbocycles. The van der Waals surface area contributed by atoms with Crippen LogP contribution >= 0.6 is 7.37 Å². The fraction of sp³-hybridized carbons (Fsp3) is 0.212. The number of aliphatic hydroxyl groups is 1. The molecule has 0 saturated heterocycles. The smallest absolute Gasteiger partial charge is 0.790 e. The van der Waals surface area contributed by atoms with Crippen LogP contribution in [0.3, 0.4) is 0 Å². The first-order chi connectivity index (χ1) is 19.5. The summed E-state index contributed by atoms with van der Waals surface area (Å²) in [5.41, 5.74) is 8.14. The Morgan fingerprint density at radius 3 is 2.23 bits per heavy atom. The van der Waals surface area contributed by atoms with Crippen molar-refractivity contribution < 1.29 is 88.0 Å². The summed E-state index contributed by atoms with van der Waals surface area (Å²) in [5, 5.41) is 20.6. The van der Waals surface area contributed by atoms with Crippen molar-refractivity contribution in [1.29, 1.82) is 0 Å². The number of benzene rings is 3. The molecule has 6 nitrogen and oxygen atoms in total. The van der Waals surface area contributed by atoms with Gasteiger partial charge in [0.1, 0.15) is 5.82 Å². The SMILES string of the molecule is CC(C)c1nc(-c2ccccc2Cc2ccccc2)cc(-c2ccc(F)cc2)c1C#CP(=O)([O-])C[C@H](O)CC(=O)[O-].[Na+].[Na+]. The summed E-state index contributed by atoms with van der Waals surface area (Å²) >= 11 is 0. The van der Waals surface area contributed by atoms with Gasteiger partial charge in [-0.05, 0) is 52.9 Å². The number of hydrogen-bond acceptors (Lipinski definition) is 6. The van der Waals surface area contributed by atoms with E-state index >= 15 is 0 Å². The maximum atomic E-state index is 13.8. The Balaban J connectivity index is 0.00000323. The first kappa shape index (κ1) is 37.1. The van der Waals surface area contributed by atoms with Gasteiger partial charge in [-0.3, -0.25) is 4.98 Å². The third kappa shape index (κ3) is 10.5. The normalized spacial score (nSPS) is 12.6. The monoisotopic (exact) mass is 615 g/mol. The van der Waals surface area contributed by atoms with Gasteiger partial charge in [0.05, 0.1) is 30.4 Å². The summed E-state index contributed by atoms with van der Waals surface area (Å²) in [4.78, 5) is 28.4. The number of aromatic nitrogens is 1. The van der Waals surface area contributed by atoms with Gasteiger partial charge in [0.25, 0.3) is 0 Å². The molecular weight excluding hydrogens is 586 g/mol. The van der Waals surface area contributed by atoms with E-state index in [1.807, 2.05) is 62.4 Å². The van der Waals surface area contributed by atoms with Gasteiger partial charge in [-0.2, -0.15) is 0 Å². The standard InChI is InChI=1S/C33H31FNO5P.2Na/c1-22(2)33-29(16-17-41(39,40)21-27(36)19-32(37)38)30(24-12-14-26(34)15-13-24)20-31(35-33)28-11-7-6-10-25(28)18-23-8-4-3-5-9-23;;/h3-15,20,22,27,36H,18-19,21H2,1-2H3,(H,37,38)(H,39,40);;/q;2*+1/p-2/t27-;;/m1../s1. The van der Waals surface area contributed by atoms with E-state index in [4.69, 9.17) is 4.98 Å². The molecule has 0 amide bonds. The van der Waals surface area contributed by atoms with E-state index in [0.717, 1.165) is 16.7 Å². The van der Waals surface area contributed by atoms with Gasteiger partial charge in [-0.25, -0.2) is 4.39 Å². The van der Waals surface area contributed by atoms with Crippen molar-refractivity contribution in [2.75, 3.05) is 6.16 Å². The summed E-state index contributed by atoms with van der Waals surface area (Å²) in [6, 6.07) is 25.6. The van der Waals surface area contributed by atoms with Gasteiger partial charge in [-0.15, -0.1) is 0 Å². The maximum absolute atomic E-state index is 13.8. The molecule has 4 aromatic rings. The number of aliphatic hydroxyl groups excluding tert-OH is 1. The summed E-state index contributed by atoms with van der Waals surface area (Å²) in [6.45, 7) is 3.84. The predicted molar refractivity (Wildman–Crippen MR) is 153 cm³/mol. The van der Waals surface area contributed by atoms with Crippen molar-refractivity contribution in [3.05, 3.63) is 113 Å². The molecule has 43 heavy (non-hydrogen) atoms. The van der Waals surface area contributed by atoms with Gasteiger partial charge in [0, 0.05) is 29.7 Å². The first-order valence-electron chi connectivity index (χ1n) is 13.2. The zero-order valence-corrected chi connectivity index (χ0v) is 29.6. The number of pyridine rings is 1. The average Bonchev–Trinajstić information content (AvgIpc) is 2.92. The summed E-state index contributed by atoms with van der Waals surface area (Å²) in [6.07, 6.45) is -2.60. The largest absolute Gasteiger partial charge is 1.00 e. The molecule has 3 aromatic carbocycles. The second-order valence-electron chi connectivity index (χ2n) is 10.1. The first-order valence-corrected chi connectivity index (χ1v) is 15.0. The number of carboxylic acid groups (broad SMARTS) is 1. The molecule has 4 rings (SSSR count). The molecule has 0 spiro atoms. The van der Waals surface area contributed by atoms with Gasteiger partial charge in [0.2, 0.25) is 0 Å². The van der Waals surface area contributed by atoms with Crippen LogP contribution in [-0.4, -0.2) is 28.3 Å². The Bertz CT molecular complexity index is 1650. The fourth-order valence-corrected chi connectivity index (χ4v) is 5.63. The van der Waals surface area contributed by atoms with Crippen LogP contribution in [0, 0.1) is 17.4 Å². The van der Waals surface area contributed by atoms with Crippen LogP contribution in [0.2, 0.25) is 0 Å². The molecule has 10 heteroatoms. The Morgan fingerprint density at radius 2 is 1.60 bits per heavy atom. The Kier molecular flexibility index (Phi) is 14.5. The van der Waals surface area contributed by atoms with Crippen LogP contribution in [0.15, 0.2) is 84.9 Å². The molecule has 0 aliphatic rings. The van der Waals surface area contributed by atoms with Crippen LogP contribution in [0.1, 0.15) is 48.6 Å². The molecule has 0 aliphatic carbocycles. The predicted octanol–water partition coefficient (Wildman–Crippen LogP) is -1.27. The van der Waals surface area contributed by atoms with E-state index in [9.17, 15) is 28.9 Å². The number of carbonyl (C=O) groups excluding carboxylic acids is 1. The molecule has 0 bridgehead atoms. The molecule has 1 unspecified atom stereocenters. The number of rotatable bonds is 9. The molecule has 210 valence electrons. The van der Waals surface area contributed by atoms with Crippen LogP contribution in [0.25, 0.3) is 22.4 Å². The third-order valence-corrected chi connectivity index (χ3v) is 7.84. The molecule has 1 N–H and O–H groups in total. The zero-order valence-electron chi connectivity index (χ0n) is 24.7. The molecule has 1 heterocycles. The quantitative estimate of drug-likeness (QED) is 0.143. The summed E-state index contributed by atoms with van der Waals surface area (Å²) in [5.74, 6) is 0.620. The van der Waals surface area contributed by atoms with Crippen LogP contribution < -0.4 is 69.1 Å². The average molecular weight is 616 g/mol. The minimum absolute atomic E-state index is 0. The topological polar surface area (TPSA) is 113 Å². The number of halogens is 1. The number of aliphatic carboxylic acids is 1. The molecular formula is C33H29FNNa2O5P. The van der Waals surface area contributed by atoms with Gasteiger partial charge >= 0.3 is 59.1 Å². The minimum Gasteiger partial charge on any atom is -0.790 e. The second kappa shape index (κ2) is 16.8. The van der Waals surface area contributed by atoms with Crippen molar-refractivity contribution in [1.82, 2.24) is 4.98 Å². The van der Waals surface area contributed by atoms with Crippen LogP contribution in [0.4, 0.5) is 4.39 Å². The number of hydrogen-bond donors (Lipinski definition) is 1. The number of nitrogens with zero attached hydrogens (tertiary/aromatic N) is 1. The van der Waals surface area contributed by atoms with E-state index in [-0.39, 0.29) is 65.0 Å². The van der Waals surface area contributed by atoms with Gasteiger partial charge in [0.15, 0.2) is 0 Å². The third-order valence-electron chi connectivity index (χ3n) is 6.48. The fourth-order valence-electron chi connectivity index (χ4n) is 4.57. The molecule has 0 radical (unpaired) electrons. The van der Waals surface area contributed by atoms with E-state index in [0.29, 0.717) is 34.5 Å². The Morgan fingerprint density at radius 1 is 0.977 bits per heavy atom. The number of carbonyl (C=O) groups is 1. The van der Waals surface area contributed by atoms with Crippen molar-refractivity contribution >= 4 is 13.3 Å². The number of carboxylic acids is 1. The van der Waals surface area contributed by atoms with Gasteiger partial charge < -0.3 is 24.5 Å². The van der Waals surface area contributed by atoms with E-state index in [2.05, 4.69) is 23.7 Å². The van der Waals surface area contributed by atoms with E-state index in [1.165, 1.54) is 12.1 Å². The summed E-state index contributed by atoms with van der Waals surface area (Å²) < 4.78 is 26.5. The minimum atomic E-state index is -4.50. The second-order valence-corrected chi connectivity index (χ2v) is 12.1.